The number of nitrogens with two attached hydrogens (primary N) is 1. The summed E-state index contributed by atoms with van der Waals surface area (Å²) in [6.45, 7) is 2.25. The van der Waals surface area contributed by atoms with Gasteiger partial charge in [0.05, 0.1) is 5.69 Å². The van der Waals surface area contributed by atoms with Gasteiger partial charge in [-0.1, -0.05) is 18.2 Å². The van der Waals surface area contributed by atoms with Crippen molar-refractivity contribution in [1.82, 2.24) is 10.3 Å². The zero-order valence-corrected chi connectivity index (χ0v) is 13.2. The fourth-order valence-electron chi connectivity index (χ4n) is 2.29. The zero-order valence-electron chi connectivity index (χ0n) is 12.4. The van der Waals surface area contributed by atoms with Gasteiger partial charge in [0.1, 0.15) is 0 Å². The van der Waals surface area contributed by atoms with Crippen LogP contribution in [-0.2, 0) is 0 Å². The maximum absolute atomic E-state index is 12.2. The number of nitrogens with one attached hydrogen (secondary N) is 1. The van der Waals surface area contributed by atoms with E-state index < -0.39 is 0 Å². The SMILES string of the molecule is Cc1nc(-c2ccccc2)oc1C(=O)NCC(N)C1CC1.Cl. The number of aryl methyl sites for hydroxylation is 1. The number of halogens is 1. The zero-order chi connectivity index (χ0) is 14.8. The van der Waals surface area contributed by atoms with Crippen LogP contribution in [-0.4, -0.2) is 23.5 Å². The maximum atomic E-state index is 12.2. The van der Waals surface area contributed by atoms with Crippen molar-refractivity contribution in [3.63, 3.8) is 0 Å². The molecular weight excluding hydrogens is 302 g/mol. The lowest BCUT2D eigenvalue weighted by molar-refractivity contribution is 0.0922. The first-order valence-corrected chi connectivity index (χ1v) is 7.22. The minimum absolute atomic E-state index is 0. The van der Waals surface area contributed by atoms with Gasteiger partial charge in [-0.3, -0.25) is 4.79 Å². The lowest BCUT2D eigenvalue weighted by Crippen LogP contribution is -2.38. The van der Waals surface area contributed by atoms with Crippen LogP contribution in [0, 0.1) is 12.8 Å². The topological polar surface area (TPSA) is 81.2 Å². The first kappa shape index (κ1) is 16.5. The molecule has 2 aromatic rings. The monoisotopic (exact) mass is 321 g/mol. The van der Waals surface area contributed by atoms with Gasteiger partial charge in [0.15, 0.2) is 0 Å². The molecule has 118 valence electrons. The van der Waals surface area contributed by atoms with Gasteiger partial charge in [0, 0.05) is 18.2 Å². The number of benzene rings is 1. The third-order valence-corrected chi connectivity index (χ3v) is 3.75. The molecule has 5 nitrogen and oxygen atoms in total. The minimum atomic E-state index is -0.252. The number of rotatable bonds is 5. The molecule has 1 saturated carbocycles. The minimum Gasteiger partial charge on any atom is -0.431 e. The Bertz CT molecular complexity index is 638. The van der Waals surface area contributed by atoms with Crippen LogP contribution in [0.5, 0.6) is 0 Å². The molecule has 0 saturated heterocycles. The first-order valence-electron chi connectivity index (χ1n) is 7.22. The van der Waals surface area contributed by atoms with Crippen molar-refractivity contribution in [2.45, 2.75) is 25.8 Å². The van der Waals surface area contributed by atoms with Gasteiger partial charge in [-0.2, -0.15) is 0 Å². The predicted molar refractivity (Wildman–Crippen MR) is 87.0 cm³/mol. The normalized spacial score (nSPS) is 15.0. The molecule has 0 bridgehead atoms. The van der Waals surface area contributed by atoms with Gasteiger partial charge in [-0.05, 0) is 37.8 Å². The fourth-order valence-corrected chi connectivity index (χ4v) is 2.29. The Morgan fingerprint density at radius 2 is 2.09 bits per heavy atom. The van der Waals surface area contributed by atoms with Gasteiger partial charge in [-0.15, -0.1) is 12.4 Å². The molecule has 1 aromatic carbocycles. The van der Waals surface area contributed by atoms with Crippen molar-refractivity contribution >= 4 is 18.3 Å². The van der Waals surface area contributed by atoms with Crippen LogP contribution in [0.1, 0.15) is 29.1 Å². The smallest absolute Gasteiger partial charge is 0.289 e. The van der Waals surface area contributed by atoms with E-state index in [9.17, 15) is 4.79 Å². The van der Waals surface area contributed by atoms with E-state index in [0.717, 1.165) is 18.4 Å². The molecule has 1 heterocycles. The number of oxazole rings is 1. The molecule has 1 atom stereocenters. The first-order chi connectivity index (χ1) is 10.1. The molecule has 3 rings (SSSR count). The number of carbonyl (C=O) groups is 1. The molecule has 6 heteroatoms. The quantitative estimate of drug-likeness (QED) is 0.886. The molecule has 1 amide bonds. The van der Waals surface area contributed by atoms with Crippen molar-refractivity contribution in [2.24, 2.45) is 11.7 Å². The molecule has 3 N–H and O–H groups in total. The maximum Gasteiger partial charge on any atom is 0.289 e. The van der Waals surface area contributed by atoms with Crippen LogP contribution in [0.4, 0.5) is 0 Å². The summed E-state index contributed by atoms with van der Waals surface area (Å²) in [7, 11) is 0. The summed E-state index contributed by atoms with van der Waals surface area (Å²) in [4.78, 5) is 16.5. The molecular formula is C16H20ClN3O2. The van der Waals surface area contributed by atoms with Gasteiger partial charge >= 0.3 is 0 Å². The number of hydrogen-bond acceptors (Lipinski definition) is 4. The van der Waals surface area contributed by atoms with E-state index in [0.29, 0.717) is 24.0 Å². The number of aromatic nitrogens is 1. The van der Waals surface area contributed by atoms with Crippen LogP contribution in [0.25, 0.3) is 11.5 Å². The van der Waals surface area contributed by atoms with Crippen molar-refractivity contribution in [2.75, 3.05) is 6.54 Å². The standard InChI is InChI=1S/C16H19N3O2.ClH/c1-10-14(15(20)18-9-13(17)11-7-8-11)21-16(19-10)12-5-3-2-4-6-12;/h2-6,11,13H,7-9,17H2,1H3,(H,18,20);1H. The van der Waals surface area contributed by atoms with Gasteiger partial charge < -0.3 is 15.5 Å². The van der Waals surface area contributed by atoms with Crippen LogP contribution in [0.3, 0.4) is 0 Å². The van der Waals surface area contributed by atoms with E-state index in [1.54, 1.807) is 6.92 Å². The summed E-state index contributed by atoms with van der Waals surface area (Å²) in [5.74, 6) is 1.03. The molecule has 1 aliphatic rings. The largest absolute Gasteiger partial charge is 0.431 e. The van der Waals surface area contributed by atoms with Crippen molar-refractivity contribution < 1.29 is 9.21 Å². The average Bonchev–Trinajstić information content (AvgIpc) is 3.28. The number of nitrogens with zero attached hydrogens (tertiary/aromatic N) is 1. The third-order valence-electron chi connectivity index (χ3n) is 3.75. The Morgan fingerprint density at radius 1 is 1.41 bits per heavy atom. The van der Waals surface area contributed by atoms with E-state index in [1.807, 2.05) is 30.3 Å². The molecule has 0 aliphatic heterocycles. The summed E-state index contributed by atoms with van der Waals surface area (Å²) in [5, 5.41) is 2.83. The predicted octanol–water partition coefficient (Wildman–Crippen LogP) is 2.54. The Balaban J connectivity index is 0.00000176. The summed E-state index contributed by atoms with van der Waals surface area (Å²) in [5.41, 5.74) is 7.42. The van der Waals surface area contributed by atoms with Gasteiger partial charge in [-0.25, -0.2) is 4.98 Å². The number of amides is 1. The highest BCUT2D eigenvalue weighted by atomic mass is 35.5. The van der Waals surface area contributed by atoms with Crippen LogP contribution in [0.15, 0.2) is 34.7 Å². The number of hydrogen-bond donors (Lipinski definition) is 2. The van der Waals surface area contributed by atoms with E-state index in [1.165, 1.54) is 0 Å². The van der Waals surface area contributed by atoms with Crippen LogP contribution < -0.4 is 11.1 Å². The molecule has 1 unspecified atom stereocenters. The van der Waals surface area contributed by atoms with Gasteiger partial charge in [0.25, 0.3) is 5.91 Å². The highest BCUT2D eigenvalue weighted by Crippen LogP contribution is 2.31. The molecule has 1 aromatic heterocycles. The Morgan fingerprint density at radius 3 is 2.73 bits per heavy atom. The highest BCUT2D eigenvalue weighted by Gasteiger charge is 2.29. The summed E-state index contributed by atoms with van der Waals surface area (Å²) in [6.07, 6.45) is 2.33. The second kappa shape index (κ2) is 6.94. The second-order valence-electron chi connectivity index (χ2n) is 5.51. The van der Waals surface area contributed by atoms with Gasteiger partial charge in [0.2, 0.25) is 11.7 Å². The lowest BCUT2D eigenvalue weighted by Gasteiger charge is -2.10. The second-order valence-corrected chi connectivity index (χ2v) is 5.51. The lowest BCUT2D eigenvalue weighted by atomic mass is 10.2. The molecule has 0 spiro atoms. The molecule has 22 heavy (non-hydrogen) atoms. The van der Waals surface area contributed by atoms with Crippen LogP contribution >= 0.6 is 12.4 Å². The fraction of sp³-hybridized carbons (Fsp3) is 0.375. The van der Waals surface area contributed by atoms with E-state index in [4.69, 9.17) is 10.2 Å². The van der Waals surface area contributed by atoms with Crippen molar-refractivity contribution in [3.05, 3.63) is 41.8 Å². The van der Waals surface area contributed by atoms with Crippen LogP contribution in [0.2, 0.25) is 0 Å². The van der Waals surface area contributed by atoms with Crippen molar-refractivity contribution in [3.8, 4) is 11.5 Å². The molecule has 1 fully saturated rings. The average molecular weight is 322 g/mol. The Hall–Kier alpha value is -1.85. The molecule has 0 radical (unpaired) electrons. The summed E-state index contributed by atoms with van der Waals surface area (Å²) in [6, 6.07) is 9.57. The van der Waals surface area contributed by atoms with Crippen molar-refractivity contribution in [1.29, 1.82) is 0 Å². The third kappa shape index (κ3) is 3.67. The molecule has 1 aliphatic carbocycles. The Labute approximate surface area is 135 Å². The summed E-state index contributed by atoms with van der Waals surface area (Å²) < 4.78 is 5.61. The Kier molecular flexibility index (Phi) is 5.21. The van der Waals surface area contributed by atoms with E-state index in [-0.39, 0.29) is 30.1 Å². The van der Waals surface area contributed by atoms with E-state index in [2.05, 4.69) is 10.3 Å². The summed E-state index contributed by atoms with van der Waals surface area (Å²) >= 11 is 0. The number of carbonyl (C=O) groups excluding carboxylic acids is 1. The van der Waals surface area contributed by atoms with E-state index >= 15 is 0 Å². The highest BCUT2D eigenvalue weighted by molar-refractivity contribution is 5.92.